The minimum Gasteiger partial charge on any atom is -0.352 e. The summed E-state index contributed by atoms with van der Waals surface area (Å²) in [5.41, 5.74) is -0.787. The lowest BCUT2D eigenvalue weighted by molar-refractivity contribution is -0.0204. The fourth-order valence-corrected chi connectivity index (χ4v) is 9.84. The van der Waals surface area contributed by atoms with Gasteiger partial charge in [-0.2, -0.15) is 0 Å². The first-order valence-corrected chi connectivity index (χ1v) is 15.2. The number of aromatic nitrogens is 2. The van der Waals surface area contributed by atoms with Crippen molar-refractivity contribution in [2.45, 2.75) is 43.5 Å². The van der Waals surface area contributed by atoms with Crippen molar-refractivity contribution in [2.75, 3.05) is 6.61 Å². The third-order valence-corrected chi connectivity index (χ3v) is 11.3. The van der Waals surface area contributed by atoms with E-state index >= 15 is 0 Å². The van der Waals surface area contributed by atoms with E-state index in [1.165, 1.54) is 4.57 Å². The summed E-state index contributed by atoms with van der Waals surface area (Å²) in [5, 5.41) is 0.0365. The molecule has 3 heterocycles. The Bertz CT molecular complexity index is 1260. The minimum absolute atomic E-state index is 0.0365. The largest absolute Gasteiger partial charge is 0.352 e. The molecule has 0 aliphatic carbocycles. The maximum atomic E-state index is 12.2. The Morgan fingerprint density at radius 3 is 2.47 bits per heavy atom. The molecule has 0 saturated carbocycles. The van der Waals surface area contributed by atoms with Gasteiger partial charge < -0.3 is 13.8 Å². The number of nitrogens with zero attached hydrogens (tertiary/aromatic N) is 1. The Morgan fingerprint density at radius 2 is 1.76 bits per heavy atom. The second kappa shape index (κ2) is 9.93. The van der Waals surface area contributed by atoms with Crippen LogP contribution in [-0.2, 0) is 25.6 Å². The Labute approximate surface area is 206 Å². The molecule has 5 rings (SSSR count). The minimum atomic E-state index is -2.63. The average Bonchev–Trinajstić information content (AvgIpc) is 3.46. The third kappa shape index (κ3) is 5.00. The molecule has 1 N–H and O–H groups in total. The van der Waals surface area contributed by atoms with Gasteiger partial charge in [-0.25, -0.2) is 4.79 Å². The van der Waals surface area contributed by atoms with Crippen LogP contribution in [0.15, 0.2) is 76.4 Å². The van der Waals surface area contributed by atoms with Crippen molar-refractivity contribution in [1.82, 2.24) is 9.55 Å². The fraction of sp³-hybridized carbons (Fsp3) is 0.333. The highest BCUT2D eigenvalue weighted by Crippen LogP contribution is 2.77. The number of hydrogen-bond acceptors (Lipinski definition) is 7. The van der Waals surface area contributed by atoms with Gasteiger partial charge in [0.25, 0.3) is 5.56 Å². The number of rotatable bonds is 6. The highest BCUT2D eigenvalue weighted by Gasteiger charge is 2.44. The summed E-state index contributed by atoms with van der Waals surface area (Å²) in [6.45, 7) is 1.96. The van der Waals surface area contributed by atoms with E-state index in [1.807, 2.05) is 36.4 Å². The summed E-state index contributed by atoms with van der Waals surface area (Å²) in [4.78, 5) is 26.2. The third-order valence-electron chi connectivity index (χ3n) is 5.98. The van der Waals surface area contributed by atoms with Crippen molar-refractivity contribution in [3.8, 4) is 0 Å². The molecule has 34 heavy (non-hydrogen) atoms. The molecule has 2 aromatic carbocycles. The monoisotopic (exact) mass is 516 g/mol. The molecule has 1 unspecified atom stereocenters. The molecule has 2 aliphatic rings. The maximum absolute atomic E-state index is 12.2. The molecular weight excluding hydrogens is 491 g/mol. The topological polar surface area (TPSA) is 82.6 Å². The predicted octanol–water partition coefficient (Wildman–Crippen LogP) is 5.01. The number of aryl methyl sites for hydroxylation is 1. The molecule has 178 valence electrons. The SMILES string of the molecule is Cc1cn([C@H]2CC[C@@H](COP3(=S)O[C@H](c4ccccc4)[C@H](c4ccccc4)S3)O2)c(=O)[nH]c1=O. The van der Waals surface area contributed by atoms with E-state index < -0.39 is 17.6 Å². The van der Waals surface area contributed by atoms with Crippen molar-refractivity contribution < 1.29 is 13.8 Å². The van der Waals surface area contributed by atoms with E-state index in [4.69, 9.17) is 25.6 Å². The predicted molar refractivity (Wildman–Crippen MR) is 136 cm³/mol. The molecule has 1 aromatic heterocycles. The van der Waals surface area contributed by atoms with Crippen LogP contribution < -0.4 is 11.2 Å². The molecule has 2 fully saturated rings. The lowest BCUT2D eigenvalue weighted by atomic mass is 10.0. The van der Waals surface area contributed by atoms with Crippen LogP contribution in [0, 0.1) is 6.92 Å². The Kier molecular flexibility index (Phi) is 6.93. The smallest absolute Gasteiger partial charge is 0.330 e. The molecule has 3 aromatic rings. The molecule has 0 radical (unpaired) electrons. The highest BCUT2D eigenvalue weighted by atomic mass is 32.9. The molecule has 0 amide bonds. The van der Waals surface area contributed by atoms with Crippen molar-refractivity contribution >= 4 is 28.9 Å². The van der Waals surface area contributed by atoms with E-state index in [0.717, 1.165) is 17.5 Å². The first-order chi connectivity index (χ1) is 16.4. The van der Waals surface area contributed by atoms with Gasteiger partial charge in [0.2, 0.25) is 5.69 Å². The van der Waals surface area contributed by atoms with Gasteiger partial charge in [-0.1, -0.05) is 72.0 Å². The number of aromatic amines is 1. The second-order valence-electron chi connectivity index (χ2n) is 8.39. The fourth-order valence-electron chi connectivity index (χ4n) is 4.22. The van der Waals surface area contributed by atoms with Gasteiger partial charge in [0, 0.05) is 11.8 Å². The van der Waals surface area contributed by atoms with E-state index in [0.29, 0.717) is 18.6 Å². The molecule has 7 nitrogen and oxygen atoms in total. The zero-order chi connectivity index (χ0) is 23.7. The van der Waals surface area contributed by atoms with Crippen LogP contribution in [0.1, 0.15) is 47.1 Å². The van der Waals surface area contributed by atoms with Crippen LogP contribution in [0.3, 0.4) is 0 Å². The average molecular weight is 517 g/mol. The van der Waals surface area contributed by atoms with Gasteiger partial charge in [0.1, 0.15) is 12.3 Å². The Hall–Kier alpha value is -2.00. The number of ether oxygens (including phenoxy) is 1. The maximum Gasteiger partial charge on any atom is 0.330 e. The quantitative estimate of drug-likeness (QED) is 0.461. The van der Waals surface area contributed by atoms with Crippen molar-refractivity contribution in [3.63, 3.8) is 0 Å². The summed E-state index contributed by atoms with van der Waals surface area (Å²) in [6, 6.07) is 20.3. The lowest BCUT2D eigenvalue weighted by Gasteiger charge is -2.20. The van der Waals surface area contributed by atoms with Crippen LogP contribution in [0.25, 0.3) is 0 Å². The first-order valence-electron chi connectivity index (χ1n) is 11.1. The Morgan fingerprint density at radius 1 is 1.09 bits per heavy atom. The summed E-state index contributed by atoms with van der Waals surface area (Å²) < 4.78 is 20.2. The van der Waals surface area contributed by atoms with Crippen molar-refractivity contribution in [1.29, 1.82) is 0 Å². The van der Waals surface area contributed by atoms with E-state index in [1.54, 1.807) is 24.5 Å². The molecular formula is C24H25N2O5PS2. The molecule has 0 bridgehead atoms. The normalized spacial score (nSPS) is 28.9. The molecule has 2 saturated heterocycles. The summed E-state index contributed by atoms with van der Waals surface area (Å²) in [7, 11) is 0. The van der Waals surface area contributed by atoms with E-state index in [9.17, 15) is 9.59 Å². The van der Waals surface area contributed by atoms with Crippen LogP contribution in [0.4, 0.5) is 0 Å². The number of benzene rings is 2. The number of hydrogen-bond donors (Lipinski definition) is 1. The number of nitrogens with one attached hydrogen (secondary N) is 1. The van der Waals surface area contributed by atoms with Gasteiger partial charge in [0.05, 0.1) is 18.0 Å². The van der Waals surface area contributed by atoms with Gasteiger partial charge in [-0.3, -0.25) is 14.3 Å². The van der Waals surface area contributed by atoms with Crippen LogP contribution >= 0.6 is 17.1 Å². The highest BCUT2D eigenvalue weighted by molar-refractivity contribution is 8.68. The van der Waals surface area contributed by atoms with Gasteiger partial charge in [-0.05, 0) is 42.7 Å². The molecule has 2 aliphatic heterocycles. The van der Waals surface area contributed by atoms with E-state index in [-0.39, 0.29) is 23.0 Å². The summed E-state index contributed by atoms with van der Waals surface area (Å²) >= 11 is 7.50. The first kappa shape index (κ1) is 23.7. The molecule has 10 heteroatoms. The standard InChI is InChI=1S/C24H25N2O5PS2/c1-16-14-26(24(28)25-23(16)27)20-13-12-19(30-20)15-29-32(33)31-21(17-8-4-2-5-9-17)22(34-32)18-10-6-3-7-11-18/h2-11,14,19-22H,12-13,15H2,1H3,(H,25,27,28)/t19-,20+,21+,22-,32?/m0/s1. The van der Waals surface area contributed by atoms with Crippen molar-refractivity contribution in [2.24, 2.45) is 0 Å². The summed E-state index contributed by atoms with van der Waals surface area (Å²) in [5.74, 6) is 0. The number of H-pyrrole nitrogens is 1. The zero-order valence-corrected chi connectivity index (χ0v) is 21.1. The van der Waals surface area contributed by atoms with Crippen LogP contribution in [-0.4, -0.2) is 22.3 Å². The second-order valence-corrected chi connectivity index (χ2v) is 14.7. The molecule has 5 atom stereocenters. The van der Waals surface area contributed by atoms with Crippen LogP contribution in [0.2, 0.25) is 0 Å². The van der Waals surface area contributed by atoms with E-state index in [2.05, 4.69) is 29.2 Å². The van der Waals surface area contributed by atoms with Crippen molar-refractivity contribution in [3.05, 3.63) is 104 Å². The van der Waals surface area contributed by atoms with Gasteiger partial charge in [-0.15, -0.1) is 0 Å². The molecule has 0 spiro atoms. The zero-order valence-electron chi connectivity index (χ0n) is 18.5. The van der Waals surface area contributed by atoms with Gasteiger partial charge in [0.15, 0.2) is 0 Å². The summed E-state index contributed by atoms with van der Waals surface area (Å²) in [6.07, 6.45) is 2.07. The lowest BCUT2D eigenvalue weighted by Crippen LogP contribution is -2.33. The Balaban J connectivity index is 1.28. The van der Waals surface area contributed by atoms with Crippen LogP contribution in [0.5, 0.6) is 0 Å². The van der Waals surface area contributed by atoms with Gasteiger partial charge >= 0.3 is 5.69 Å².